The minimum absolute atomic E-state index is 0.0235. The lowest BCUT2D eigenvalue weighted by Gasteiger charge is -2.13. The number of aliphatic imine (C=N–C) groups is 1. The van der Waals surface area contributed by atoms with Crippen molar-refractivity contribution in [3.8, 4) is 11.9 Å². The van der Waals surface area contributed by atoms with E-state index in [1.54, 1.807) is 13.0 Å². The van der Waals surface area contributed by atoms with Gasteiger partial charge >= 0.3 is 0 Å². The molecule has 0 radical (unpaired) electrons. The summed E-state index contributed by atoms with van der Waals surface area (Å²) in [6.07, 6.45) is 2.89. The Morgan fingerprint density at radius 1 is 1.46 bits per heavy atom. The molecular formula is C18H18FN3O2. The molecule has 6 heteroatoms. The van der Waals surface area contributed by atoms with Gasteiger partial charge in [0.25, 0.3) is 5.56 Å². The van der Waals surface area contributed by atoms with E-state index in [-0.39, 0.29) is 17.0 Å². The Kier molecular flexibility index (Phi) is 5.48. The quantitative estimate of drug-likeness (QED) is 0.855. The van der Waals surface area contributed by atoms with Crippen LogP contribution in [-0.2, 0) is 6.54 Å². The average molecular weight is 327 g/mol. The van der Waals surface area contributed by atoms with Gasteiger partial charge in [0.2, 0.25) is 5.88 Å². The first-order chi connectivity index (χ1) is 11.5. The molecule has 0 spiro atoms. The Balaban J connectivity index is 2.56. The van der Waals surface area contributed by atoms with Crippen molar-refractivity contribution in [2.75, 3.05) is 0 Å². The van der Waals surface area contributed by atoms with Gasteiger partial charge in [0.15, 0.2) is 0 Å². The van der Waals surface area contributed by atoms with E-state index in [2.05, 4.69) is 4.99 Å². The van der Waals surface area contributed by atoms with Gasteiger partial charge in [-0.1, -0.05) is 19.4 Å². The standard InChI is InChI=1S/C18H18FN3O2/c1-3-4-8-22-17(23)15(10-20)12(2)16(18(22)24)11-21-14-7-5-6-13(19)9-14/h5-7,9,11,24H,3-4,8H2,1-2H3. The molecule has 0 aliphatic heterocycles. The molecule has 0 saturated heterocycles. The average Bonchev–Trinajstić information content (AvgIpc) is 2.55. The fraction of sp³-hybridized carbons (Fsp3) is 0.278. The van der Waals surface area contributed by atoms with Crippen molar-refractivity contribution in [1.82, 2.24) is 4.57 Å². The maximum atomic E-state index is 13.2. The van der Waals surface area contributed by atoms with Crippen molar-refractivity contribution in [2.24, 2.45) is 4.99 Å². The second kappa shape index (κ2) is 7.55. The summed E-state index contributed by atoms with van der Waals surface area (Å²) >= 11 is 0. The summed E-state index contributed by atoms with van der Waals surface area (Å²) in [6.45, 7) is 3.86. The lowest BCUT2D eigenvalue weighted by Crippen LogP contribution is -2.25. The molecule has 0 aliphatic carbocycles. The molecule has 0 unspecified atom stereocenters. The highest BCUT2D eigenvalue weighted by Crippen LogP contribution is 2.22. The van der Waals surface area contributed by atoms with E-state index in [0.29, 0.717) is 24.2 Å². The molecule has 1 aromatic carbocycles. The first-order valence-electron chi connectivity index (χ1n) is 7.65. The van der Waals surface area contributed by atoms with E-state index >= 15 is 0 Å². The number of hydrogen-bond donors (Lipinski definition) is 1. The summed E-state index contributed by atoms with van der Waals surface area (Å²) in [5, 5.41) is 19.7. The monoisotopic (exact) mass is 327 g/mol. The van der Waals surface area contributed by atoms with Gasteiger partial charge in [-0.2, -0.15) is 5.26 Å². The SMILES string of the molecule is CCCCn1c(O)c(C=Nc2cccc(F)c2)c(C)c(C#N)c1=O. The summed E-state index contributed by atoms with van der Waals surface area (Å²) < 4.78 is 14.4. The van der Waals surface area contributed by atoms with E-state index < -0.39 is 11.4 Å². The first kappa shape index (κ1) is 17.4. The lowest BCUT2D eigenvalue weighted by molar-refractivity contribution is 0.400. The number of halogens is 1. The van der Waals surface area contributed by atoms with Crippen LogP contribution in [0.1, 0.15) is 36.5 Å². The number of nitrogens with zero attached hydrogens (tertiary/aromatic N) is 3. The third-order valence-electron chi connectivity index (χ3n) is 3.73. The van der Waals surface area contributed by atoms with Crippen molar-refractivity contribution in [1.29, 1.82) is 5.26 Å². The number of benzene rings is 1. The first-order valence-corrected chi connectivity index (χ1v) is 7.65. The third kappa shape index (κ3) is 3.51. The molecule has 2 aromatic rings. The fourth-order valence-electron chi connectivity index (χ4n) is 2.34. The normalized spacial score (nSPS) is 10.9. The molecule has 0 aliphatic rings. The van der Waals surface area contributed by atoms with E-state index in [0.717, 1.165) is 6.42 Å². The van der Waals surface area contributed by atoms with Crippen LogP contribution in [0.5, 0.6) is 5.88 Å². The number of unbranched alkanes of at least 4 members (excludes halogenated alkanes) is 1. The molecule has 124 valence electrons. The highest BCUT2D eigenvalue weighted by Gasteiger charge is 2.17. The summed E-state index contributed by atoms with van der Waals surface area (Å²) in [7, 11) is 0. The van der Waals surface area contributed by atoms with Gasteiger partial charge in [0.05, 0.1) is 11.3 Å². The Bertz CT molecular complexity index is 879. The molecular weight excluding hydrogens is 309 g/mol. The van der Waals surface area contributed by atoms with Gasteiger partial charge in [0.1, 0.15) is 17.4 Å². The van der Waals surface area contributed by atoms with Gasteiger partial charge in [-0.05, 0) is 37.1 Å². The molecule has 0 amide bonds. The van der Waals surface area contributed by atoms with Crippen LogP contribution < -0.4 is 5.56 Å². The van der Waals surface area contributed by atoms with E-state index in [1.807, 2.05) is 13.0 Å². The largest absolute Gasteiger partial charge is 0.494 e. The van der Waals surface area contributed by atoms with Gasteiger partial charge in [-0.3, -0.25) is 14.4 Å². The summed E-state index contributed by atoms with van der Waals surface area (Å²) in [5.41, 5.74) is 0.478. The van der Waals surface area contributed by atoms with Crippen LogP contribution in [0.25, 0.3) is 0 Å². The van der Waals surface area contributed by atoms with Crippen LogP contribution in [0.15, 0.2) is 34.1 Å². The van der Waals surface area contributed by atoms with Crippen LogP contribution in [0.4, 0.5) is 10.1 Å². The van der Waals surface area contributed by atoms with Crippen molar-refractivity contribution < 1.29 is 9.50 Å². The molecule has 1 N–H and O–H groups in total. The summed E-state index contributed by atoms with van der Waals surface area (Å²) in [4.78, 5) is 16.4. The Morgan fingerprint density at radius 2 is 2.21 bits per heavy atom. The van der Waals surface area contributed by atoms with Gasteiger partial charge < -0.3 is 5.11 Å². The van der Waals surface area contributed by atoms with Crippen LogP contribution in [0.3, 0.4) is 0 Å². The van der Waals surface area contributed by atoms with Crippen LogP contribution in [-0.4, -0.2) is 15.9 Å². The Hall–Kier alpha value is -2.94. The zero-order valence-corrected chi connectivity index (χ0v) is 13.6. The minimum Gasteiger partial charge on any atom is -0.494 e. The Morgan fingerprint density at radius 3 is 2.83 bits per heavy atom. The molecule has 5 nitrogen and oxygen atoms in total. The van der Waals surface area contributed by atoms with Crippen LogP contribution >= 0.6 is 0 Å². The molecule has 0 bridgehead atoms. The minimum atomic E-state index is -0.510. The van der Waals surface area contributed by atoms with Gasteiger partial charge in [0, 0.05) is 12.8 Å². The third-order valence-corrected chi connectivity index (χ3v) is 3.73. The van der Waals surface area contributed by atoms with Gasteiger partial charge in [-0.25, -0.2) is 4.39 Å². The number of hydrogen-bond acceptors (Lipinski definition) is 4. The number of pyridine rings is 1. The fourth-order valence-corrected chi connectivity index (χ4v) is 2.34. The zero-order valence-electron chi connectivity index (χ0n) is 13.6. The highest BCUT2D eigenvalue weighted by molar-refractivity contribution is 5.87. The Labute approximate surface area is 139 Å². The number of aromatic hydroxyl groups is 1. The molecule has 0 atom stereocenters. The maximum Gasteiger partial charge on any atom is 0.271 e. The molecule has 24 heavy (non-hydrogen) atoms. The predicted octanol–water partition coefficient (Wildman–Crippen LogP) is 3.42. The maximum absolute atomic E-state index is 13.2. The van der Waals surface area contributed by atoms with E-state index in [9.17, 15) is 19.6 Å². The molecule has 2 rings (SSSR count). The molecule has 1 heterocycles. The van der Waals surface area contributed by atoms with Crippen molar-refractivity contribution >= 4 is 11.9 Å². The number of nitriles is 1. The summed E-state index contributed by atoms with van der Waals surface area (Å²) in [5.74, 6) is -0.652. The van der Waals surface area contributed by atoms with E-state index in [4.69, 9.17) is 0 Å². The number of rotatable bonds is 5. The van der Waals surface area contributed by atoms with Crippen molar-refractivity contribution in [3.05, 3.63) is 57.1 Å². The van der Waals surface area contributed by atoms with E-state index in [1.165, 1.54) is 29.0 Å². The van der Waals surface area contributed by atoms with Crippen molar-refractivity contribution in [2.45, 2.75) is 33.2 Å². The second-order valence-electron chi connectivity index (χ2n) is 5.40. The molecule has 0 saturated carbocycles. The highest BCUT2D eigenvalue weighted by atomic mass is 19.1. The van der Waals surface area contributed by atoms with Crippen LogP contribution in [0, 0.1) is 24.1 Å². The zero-order chi connectivity index (χ0) is 17.7. The topological polar surface area (TPSA) is 78.4 Å². The molecule has 1 aromatic heterocycles. The van der Waals surface area contributed by atoms with Crippen molar-refractivity contribution in [3.63, 3.8) is 0 Å². The smallest absolute Gasteiger partial charge is 0.271 e. The lowest BCUT2D eigenvalue weighted by atomic mass is 10.1. The second-order valence-corrected chi connectivity index (χ2v) is 5.40. The predicted molar refractivity (Wildman–Crippen MR) is 90.4 cm³/mol. The van der Waals surface area contributed by atoms with Crippen LogP contribution in [0.2, 0.25) is 0 Å². The number of aromatic nitrogens is 1. The van der Waals surface area contributed by atoms with Gasteiger partial charge in [-0.15, -0.1) is 0 Å². The summed E-state index contributed by atoms with van der Waals surface area (Å²) in [6, 6.07) is 7.59. The molecule has 0 fully saturated rings.